The van der Waals surface area contributed by atoms with Gasteiger partial charge in [-0.2, -0.15) is 0 Å². The van der Waals surface area contributed by atoms with E-state index >= 15 is 0 Å². The quantitative estimate of drug-likeness (QED) is 0.633. The molecule has 0 aliphatic carbocycles. The van der Waals surface area contributed by atoms with Crippen molar-refractivity contribution in [2.45, 2.75) is 33.0 Å². The van der Waals surface area contributed by atoms with E-state index in [2.05, 4.69) is 9.47 Å². The van der Waals surface area contributed by atoms with Gasteiger partial charge in [-0.25, -0.2) is 4.79 Å². The number of esters is 1. The Morgan fingerprint density at radius 1 is 1.36 bits per heavy atom. The van der Waals surface area contributed by atoms with Crippen LogP contribution in [0.5, 0.6) is 0 Å². The van der Waals surface area contributed by atoms with E-state index in [1.807, 2.05) is 0 Å². The Labute approximate surface area is 84.6 Å². The molecule has 0 aliphatic rings. The second kappa shape index (κ2) is 10.4. The van der Waals surface area contributed by atoms with E-state index in [0.717, 1.165) is 0 Å². The molecule has 0 saturated heterocycles. The van der Waals surface area contributed by atoms with Crippen molar-refractivity contribution in [3.63, 3.8) is 0 Å². The Morgan fingerprint density at radius 3 is 1.93 bits per heavy atom. The largest absolute Gasteiger partial charge is 0.464 e. The zero-order valence-electron chi connectivity index (χ0n) is 9.19. The molecule has 0 heterocycles. The molecule has 0 amide bonds. The fraction of sp³-hybridized carbons (Fsp3) is 0.889. The first-order chi connectivity index (χ1) is 6.45. The van der Waals surface area contributed by atoms with Gasteiger partial charge >= 0.3 is 5.97 Å². The molecule has 0 aliphatic heterocycles. The molecule has 0 saturated carbocycles. The summed E-state index contributed by atoms with van der Waals surface area (Å²) in [4.78, 5) is 10.3. The molecule has 2 unspecified atom stereocenters. The molecule has 0 aromatic rings. The van der Waals surface area contributed by atoms with Gasteiger partial charge in [0.25, 0.3) is 0 Å². The Morgan fingerprint density at radius 2 is 1.86 bits per heavy atom. The van der Waals surface area contributed by atoms with Crippen molar-refractivity contribution < 1.29 is 24.5 Å². The van der Waals surface area contributed by atoms with Gasteiger partial charge in [0.05, 0.1) is 19.3 Å². The highest BCUT2D eigenvalue weighted by atomic mass is 16.5. The SMILES string of the molecule is CCOC(=O)C(C)O.COCC(C)O. The van der Waals surface area contributed by atoms with Crippen molar-refractivity contribution in [1.82, 2.24) is 0 Å². The Bertz CT molecular complexity index is 133. The van der Waals surface area contributed by atoms with Crippen molar-refractivity contribution >= 4 is 5.97 Å². The number of hydrogen-bond donors (Lipinski definition) is 2. The molecule has 0 fully saturated rings. The average molecular weight is 208 g/mol. The first-order valence-electron chi connectivity index (χ1n) is 4.47. The lowest BCUT2D eigenvalue weighted by Gasteiger charge is -2.01. The molecule has 0 aromatic carbocycles. The third-order valence-corrected chi connectivity index (χ3v) is 1.04. The van der Waals surface area contributed by atoms with E-state index in [1.165, 1.54) is 6.92 Å². The second-order valence-corrected chi connectivity index (χ2v) is 2.73. The summed E-state index contributed by atoms with van der Waals surface area (Å²) in [5, 5.41) is 16.9. The van der Waals surface area contributed by atoms with Crippen LogP contribution < -0.4 is 0 Å². The minimum Gasteiger partial charge on any atom is -0.464 e. The molecule has 0 aromatic heterocycles. The molecular weight excluding hydrogens is 188 g/mol. The van der Waals surface area contributed by atoms with Gasteiger partial charge in [-0.15, -0.1) is 0 Å². The highest BCUT2D eigenvalue weighted by molar-refractivity contribution is 5.73. The van der Waals surface area contributed by atoms with Gasteiger partial charge in [0.15, 0.2) is 0 Å². The standard InChI is InChI=1S/C5H10O3.C4H10O2/c1-3-8-5(7)4(2)6;1-4(5)3-6-2/h4,6H,3H2,1-2H3;4-5H,3H2,1-2H3. The Kier molecular flexibility index (Phi) is 11.8. The van der Waals surface area contributed by atoms with Gasteiger partial charge in [-0.3, -0.25) is 0 Å². The number of carbonyl (C=O) groups is 1. The van der Waals surface area contributed by atoms with Crippen LogP contribution in [0, 0.1) is 0 Å². The maximum atomic E-state index is 10.3. The van der Waals surface area contributed by atoms with Gasteiger partial charge < -0.3 is 19.7 Å². The lowest BCUT2D eigenvalue weighted by atomic mass is 10.4. The van der Waals surface area contributed by atoms with Crippen LogP contribution in [-0.4, -0.2) is 48.7 Å². The maximum Gasteiger partial charge on any atom is 0.334 e. The molecule has 0 bridgehead atoms. The molecule has 0 rings (SSSR count). The average Bonchev–Trinajstić information content (AvgIpc) is 2.05. The van der Waals surface area contributed by atoms with Gasteiger partial charge in [-0.05, 0) is 20.8 Å². The minimum absolute atomic E-state index is 0.323. The summed E-state index contributed by atoms with van der Waals surface area (Å²) >= 11 is 0. The summed E-state index contributed by atoms with van der Waals surface area (Å²) in [6, 6.07) is 0. The maximum absolute atomic E-state index is 10.3. The molecule has 0 radical (unpaired) electrons. The number of aliphatic hydroxyl groups excluding tert-OH is 2. The summed E-state index contributed by atoms with van der Waals surface area (Å²) in [7, 11) is 1.56. The topological polar surface area (TPSA) is 76.0 Å². The summed E-state index contributed by atoms with van der Waals surface area (Å²) in [6.07, 6.45) is -1.31. The molecule has 5 nitrogen and oxygen atoms in total. The number of hydrogen-bond acceptors (Lipinski definition) is 5. The van der Waals surface area contributed by atoms with Crippen LogP contribution in [-0.2, 0) is 14.3 Å². The fourth-order valence-corrected chi connectivity index (χ4v) is 0.504. The van der Waals surface area contributed by atoms with E-state index in [9.17, 15) is 4.79 Å². The van der Waals surface area contributed by atoms with Crippen LogP contribution in [0.1, 0.15) is 20.8 Å². The van der Waals surface area contributed by atoms with E-state index in [0.29, 0.717) is 13.2 Å². The van der Waals surface area contributed by atoms with Crippen LogP contribution >= 0.6 is 0 Å². The molecule has 5 heteroatoms. The number of ether oxygens (including phenoxy) is 2. The molecule has 2 atom stereocenters. The molecular formula is C9H20O5. The van der Waals surface area contributed by atoms with Crippen LogP contribution in [0.3, 0.4) is 0 Å². The van der Waals surface area contributed by atoms with E-state index in [-0.39, 0.29) is 6.10 Å². The summed E-state index contributed by atoms with van der Waals surface area (Å²) in [6.45, 7) is 5.51. The van der Waals surface area contributed by atoms with Crippen molar-refractivity contribution in [3.8, 4) is 0 Å². The zero-order chi connectivity index (χ0) is 11.6. The van der Waals surface area contributed by atoms with Gasteiger partial charge in [0, 0.05) is 7.11 Å². The number of carbonyl (C=O) groups excluding carboxylic acids is 1. The van der Waals surface area contributed by atoms with Crippen molar-refractivity contribution in [1.29, 1.82) is 0 Å². The van der Waals surface area contributed by atoms with E-state index in [1.54, 1.807) is 21.0 Å². The number of aliphatic hydroxyl groups is 2. The Balaban J connectivity index is 0. The lowest BCUT2D eigenvalue weighted by Crippen LogP contribution is -2.18. The predicted octanol–water partition coefficient (Wildman–Crippen LogP) is -0.0561. The van der Waals surface area contributed by atoms with Crippen LogP contribution in [0.25, 0.3) is 0 Å². The van der Waals surface area contributed by atoms with E-state index in [4.69, 9.17) is 10.2 Å². The molecule has 14 heavy (non-hydrogen) atoms. The monoisotopic (exact) mass is 208 g/mol. The van der Waals surface area contributed by atoms with Crippen molar-refractivity contribution in [2.75, 3.05) is 20.3 Å². The molecule has 2 N–H and O–H groups in total. The minimum atomic E-state index is -0.991. The van der Waals surface area contributed by atoms with Gasteiger partial charge in [0.1, 0.15) is 6.10 Å². The zero-order valence-corrected chi connectivity index (χ0v) is 9.19. The normalized spacial score (nSPS) is 13.6. The van der Waals surface area contributed by atoms with Gasteiger partial charge in [0.2, 0.25) is 0 Å². The number of rotatable bonds is 4. The second-order valence-electron chi connectivity index (χ2n) is 2.73. The molecule has 0 spiro atoms. The van der Waals surface area contributed by atoms with Gasteiger partial charge in [-0.1, -0.05) is 0 Å². The fourth-order valence-electron chi connectivity index (χ4n) is 0.504. The van der Waals surface area contributed by atoms with E-state index < -0.39 is 12.1 Å². The van der Waals surface area contributed by atoms with Crippen LogP contribution in [0.2, 0.25) is 0 Å². The molecule has 86 valence electrons. The number of methoxy groups -OCH3 is 1. The van der Waals surface area contributed by atoms with Crippen molar-refractivity contribution in [2.24, 2.45) is 0 Å². The Hall–Kier alpha value is -0.650. The van der Waals surface area contributed by atoms with Crippen LogP contribution in [0.4, 0.5) is 0 Å². The lowest BCUT2D eigenvalue weighted by molar-refractivity contribution is -0.151. The summed E-state index contributed by atoms with van der Waals surface area (Å²) in [5.74, 6) is -0.562. The third kappa shape index (κ3) is 13.9. The highest BCUT2D eigenvalue weighted by Gasteiger charge is 2.07. The third-order valence-electron chi connectivity index (χ3n) is 1.04. The first-order valence-corrected chi connectivity index (χ1v) is 4.47. The first kappa shape index (κ1) is 15.8. The van der Waals surface area contributed by atoms with Crippen LogP contribution in [0.15, 0.2) is 0 Å². The summed E-state index contributed by atoms with van der Waals surface area (Å²) in [5.41, 5.74) is 0. The highest BCUT2D eigenvalue weighted by Crippen LogP contribution is 1.84. The summed E-state index contributed by atoms with van der Waals surface area (Å²) < 4.78 is 8.97. The van der Waals surface area contributed by atoms with Crippen molar-refractivity contribution in [3.05, 3.63) is 0 Å². The predicted molar refractivity (Wildman–Crippen MR) is 51.9 cm³/mol. The smallest absolute Gasteiger partial charge is 0.334 e.